The number of carbonyl (C=O) groups is 1. The Balaban J connectivity index is 1.69. The Bertz CT molecular complexity index is 986. The van der Waals surface area contributed by atoms with Gasteiger partial charge in [0.15, 0.2) is 0 Å². The summed E-state index contributed by atoms with van der Waals surface area (Å²) in [7, 11) is 0. The summed E-state index contributed by atoms with van der Waals surface area (Å²) in [6.07, 6.45) is -8.22. The van der Waals surface area contributed by atoms with Gasteiger partial charge in [-0.15, -0.1) is 0 Å². The highest BCUT2D eigenvalue weighted by molar-refractivity contribution is 5.74. The van der Waals surface area contributed by atoms with Crippen molar-refractivity contribution in [2.75, 3.05) is 18.8 Å². The van der Waals surface area contributed by atoms with Gasteiger partial charge in [-0.2, -0.15) is 26.3 Å². The third kappa shape index (κ3) is 3.70. The van der Waals surface area contributed by atoms with Gasteiger partial charge in [-0.3, -0.25) is 4.79 Å². The number of fused-ring (bicyclic) bond motifs is 1. The first kappa shape index (κ1) is 20.5. The lowest BCUT2D eigenvalue weighted by Crippen LogP contribution is -2.30. The molecule has 3 atom stereocenters. The van der Waals surface area contributed by atoms with Crippen LogP contribution in [-0.4, -0.2) is 44.6 Å². The van der Waals surface area contributed by atoms with Crippen molar-refractivity contribution in [2.24, 2.45) is 11.8 Å². The minimum atomic E-state index is -4.76. The summed E-state index contributed by atoms with van der Waals surface area (Å²) in [6, 6.07) is 0.459. The lowest BCUT2D eigenvalue weighted by molar-refractivity contribution is -0.137. The van der Waals surface area contributed by atoms with E-state index in [-0.39, 0.29) is 40.9 Å². The summed E-state index contributed by atoms with van der Waals surface area (Å²) in [6.45, 7) is 2.30. The van der Waals surface area contributed by atoms with Gasteiger partial charge in [0.1, 0.15) is 18.1 Å². The van der Waals surface area contributed by atoms with E-state index in [4.69, 9.17) is 5.73 Å². The zero-order chi connectivity index (χ0) is 22.0. The van der Waals surface area contributed by atoms with Gasteiger partial charge < -0.3 is 15.2 Å². The molecule has 30 heavy (non-hydrogen) atoms. The molecule has 162 valence electrons. The molecule has 0 radical (unpaired) electrons. The molecule has 6 nitrogen and oxygen atoms in total. The number of imidazole rings is 1. The fraction of sp³-hybridized carbons (Fsp3) is 0.500. The van der Waals surface area contributed by atoms with Crippen molar-refractivity contribution in [3.8, 4) is 11.3 Å². The molecule has 1 saturated heterocycles. The van der Waals surface area contributed by atoms with E-state index < -0.39 is 30.2 Å². The Morgan fingerprint density at radius 3 is 2.37 bits per heavy atom. The number of halogens is 6. The molecule has 4 rings (SSSR count). The van der Waals surface area contributed by atoms with Gasteiger partial charge in [0, 0.05) is 55.8 Å². The molecule has 2 N–H and O–H groups in total. The molecule has 0 unspecified atom stereocenters. The fourth-order valence-corrected chi connectivity index (χ4v) is 4.15. The van der Waals surface area contributed by atoms with Crippen LogP contribution in [0.5, 0.6) is 0 Å². The second-order valence-electron chi connectivity index (χ2n) is 7.64. The van der Waals surface area contributed by atoms with Crippen molar-refractivity contribution >= 4 is 11.7 Å². The minimum absolute atomic E-state index is 0.00166. The van der Waals surface area contributed by atoms with Crippen molar-refractivity contribution in [2.45, 2.75) is 31.7 Å². The first-order chi connectivity index (χ1) is 13.8. The number of nitrogens with zero attached hydrogens (tertiary/aromatic N) is 4. The molecule has 0 bridgehead atoms. The highest BCUT2D eigenvalue weighted by Gasteiger charge is 2.58. The van der Waals surface area contributed by atoms with E-state index in [0.717, 1.165) is 12.3 Å². The second-order valence-corrected chi connectivity index (χ2v) is 7.64. The van der Waals surface area contributed by atoms with E-state index in [9.17, 15) is 31.1 Å². The summed E-state index contributed by atoms with van der Waals surface area (Å²) >= 11 is 0. The smallest absolute Gasteiger partial charge is 0.383 e. The largest absolute Gasteiger partial charge is 0.419 e. The quantitative estimate of drug-likeness (QED) is 0.754. The van der Waals surface area contributed by atoms with Gasteiger partial charge in [-0.1, -0.05) is 0 Å². The van der Waals surface area contributed by atoms with Gasteiger partial charge in [0.25, 0.3) is 0 Å². The van der Waals surface area contributed by atoms with Crippen LogP contribution in [0.1, 0.15) is 24.4 Å². The average Bonchev–Trinajstić information content (AvgIpc) is 2.94. The van der Waals surface area contributed by atoms with Crippen LogP contribution in [0.2, 0.25) is 0 Å². The SMILES string of the molecule is CC(=O)N1C[C@@H]2[C@H](C1)[C@@H]2n1cc(-c2cnc(N)c(C(F)(F)F)c2)nc1CC(F)(F)F. The summed E-state index contributed by atoms with van der Waals surface area (Å²) in [5.74, 6) is -1.11. The Kier molecular flexibility index (Phi) is 4.51. The first-order valence-corrected chi connectivity index (χ1v) is 9.08. The third-order valence-corrected chi connectivity index (χ3v) is 5.60. The van der Waals surface area contributed by atoms with Crippen LogP contribution >= 0.6 is 0 Å². The number of nitrogens with two attached hydrogens (primary N) is 1. The van der Waals surface area contributed by atoms with E-state index in [1.54, 1.807) is 4.90 Å². The summed E-state index contributed by atoms with van der Waals surface area (Å²) in [5.41, 5.74) is 4.00. The Hall–Kier alpha value is -2.79. The predicted molar refractivity (Wildman–Crippen MR) is 92.9 cm³/mol. The molecule has 3 heterocycles. The topological polar surface area (TPSA) is 77.0 Å². The summed E-state index contributed by atoms with van der Waals surface area (Å²) in [5, 5.41) is 0. The van der Waals surface area contributed by atoms with Crippen LogP contribution in [0.25, 0.3) is 11.3 Å². The van der Waals surface area contributed by atoms with E-state index in [2.05, 4.69) is 9.97 Å². The molecule has 1 saturated carbocycles. The number of pyridine rings is 1. The maximum absolute atomic E-state index is 13.1. The minimum Gasteiger partial charge on any atom is -0.383 e. The molecule has 2 aromatic rings. The average molecular weight is 433 g/mol. The fourth-order valence-electron chi connectivity index (χ4n) is 4.15. The van der Waals surface area contributed by atoms with Crippen LogP contribution in [0.15, 0.2) is 18.5 Å². The van der Waals surface area contributed by atoms with E-state index >= 15 is 0 Å². The predicted octanol–water partition coefficient (Wildman–Crippen LogP) is 3.30. The highest BCUT2D eigenvalue weighted by atomic mass is 19.4. The lowest BCUT2D eigenvalue weighted by atomic mass is 10.1. The number of nitrogen functional groups attached to an aromatic ring is 1. The number of amides is 1. The monoisotopic (exact) mass is 433 g/mol. The van der Waals surface area contributed by atoms with Crippen molar-refractivity contribution in [3.05, 3.63) is 29.8 Å². The Morgan fingerprint density at radius 2 is 1.83 bits per heavy atom. The molecular formula is C18H17F6N5O. The Morgan fingerprint density at radius 1 is 1.20 bits per heavy atom. The van der Waals surface area contributed by atoms with E-state index in [0.29, 0.717) is 13.1 Å². The standard InChI is InChI=1S/C18H17F6N5O/c1-8(30)28-5-10-11(6-28)15(10)29-7-13(27-14(29)3-17(19,20)21)9-2-12(18(22,23)24)16(25)26-4-9/h2,4,7,10-11,15H,3,5-6H2,1H3,(H2,25,26)/t10-,11+,15-. The second kappa shape index (κ2) is 6.61. The number of anilines is 1. The lowest BCUT2D eigenvalue weighted by Gasteiger charge is -2.19. The van der Waals surface area contributed by atoms with Gasteiger partial charge in [0.2, 0.25) is 5.91 Å². The van der Waals surface area contributed by atoms with Crippen molar-refractivity contribution in [3.63, 3.8) is 0 Å². The number of carbonyl (C=O) groups excluding carboxylic acids is 1. The molecule has 1 aliphatic heterocycles. The van der Waals surface area contributed by atoms with Crippen LogP contribution in [-0.2, 0) is 17.4 Å². The summed E-state index contributed by atoms with van der Waals surface area (Å²) in [4.78, 5) is 20.6. The van der Waals surface area contributed by atoms with Gasteiger partial charge in [-0.05, 0) is 6.07 Å². The molecule has 2 aromatic heterocycles. The van der Waals surface area contributed by atoms with Crippen LogP contribution in [0.4, 0.5) is 32.2 Å². The molecule has 1 amide bonds. The van der Waals surface area contributed by atoms with Gasteiger partial charge >= 0.3 is 12.4 Å². The number of hydrogen-bond donors (Lipinski definition) is 1. The van der Waals surface area contributed by atoms with Crippen molar-refractivity contribution in [1.82, 2.24) is 19.4 Å². The normalized spacial score (nSPS) is 23.6. The first-order valence-electron chi connectivity index (χ1n) is 9.08. The van der Waals surface area contributed by atoms with Crippen molar-refractivity contribution in [1.29, 1.82) is 0 Å². The summed E-state index contributed by atoms with van der Waals surface area (Å²) < 4.78 is 79.9. The molecule has 0 aromatic carbocycles. The molecule has 2 aliphatic rings. The molecule has 2 fully saturated rings. The van der Waals surface area contributed by atoms with Gasteiger partial charge in [-0.25, -0.2) is 9.97 Å². The highest BCUT2D eigenvalue weighted by Crippen LogP contribution is 2.56. The Labute approximate surface area is 166 Å². The van der Waals surface area contributed by atoms with Crippen LogP contribution in [0, 0.1) is 11.8 Å². The molecular weight excluding hydrogens is 416 g/mol. The number of rotatable bonds is 3. The maximum Gasteiger partial charge on any atom is 0.419 e. The van der Waals surface area contributed by atoms with Gasteiger partial charge in [0.05, 0.1) is 11.3 Å². The van der Waals surface area contributed by atoms with Crippen molar-refractivity contribution < 1.29 is 31.1 Å². The number of piperidine rings is 1. The molecule has 12 heteroatoms. The number of hydrogen-bond acceptors (Lipinski definition) is 4. The molecule has 0 spiro atoms. The number of alkyl halides is 6. The van der Waals surface area contributed by atoms with E-state index in [1.165, 1.54) is 17.7 Å². The number of likely N-dealkylation sites (tertiary alicyclic amines) is 1. The van der Waals surface area contributed by atoms with Crippen LogP contribution in [0.3, 0.4) is 0 Å². The molecule has 1 aliphatic carbocycles. The van der Waals surface area contributed by atoms with Crippen LogP contribution < -0.4 is 5.73 Å². The zero-order valence-electron chi connectivity index (χ0n) is 15.6. The zero-order valence-corrected chi connectivity index (χ0v) is 15.6. The maximum atomic E-state index is 13.1. The number of aromatic nitrogens is 3. The van der Waals surface area contributed by atoms with E-state index in [1.807, 2.05) is 0 Å². The third-order valence-electron chi connectivity index (χ3n) is 5.60.